The van der Waals surface area contributed by atoms with E-state index in [0.717, 1.165) is 12.0 Å². The van der Waals surface area contributed by atoms with E-state index >= 15 is 0 Å². The largest absolute Gasteiger partial charge is 0.400 e. The van der Waals surface area contributed by atoms with Gasteiger partial charge < -0.3 is 5.11 Å². The van der Waals surface area contributed by atoms with E-state index in [1.54, 1.807) is 0 Å². The fraction of sp³-hybridized carbons (Fsp3) is 0.444. The van der Waals surface area contributed by atoms with Crippen LogP contribution in [0.5, 0.6) is 0 Å². The summed E-state index contributed by atoms with van der Waals surface area (Å²) in [6.45, 7) is 1.62. The number of carbonyl (C=O) groups excluding carboxylic acids is 3. The van der Waals surface area contributed by atoms with Crippen molar-refractivity contribution in [1.29, 1.82) is 0 Å². The molecule has 1 N–H and O–H groups in total. The number of ketones is 1. The summed E-state index contributed by atoms with van der Waals surface area (Å²) in [7, 11) is 1.00. The van der Waals surface area contributed by atoms with Gasteiger partial charge in [-0.1, -0.05) is 0 Å². The molecule has 1 heterocycles. The van der Waals surface area contributed by atoms with E-state index in [9.17, 15) is 14.4 Å². The molecule has 0 aromatic rings. The highest BCUT2D eigenvalue weighted by Crippen LogP contribution is 2.03. The molecule has 0 radical (unpaired) electrons. The quantitative estimate of drug-likeness (QED) is 0.622. The molecule has 0 saturated carbocycles. The van der Waals surface area contributed by atoms with Crippen molar-refractivity contribution in [2.45, 2.75) is 13.3 Å². The fourth-order valence-electron chi connectivity index (χ4n) is 0.921. The zero-order valence-corrected chi connectivity index (χ0v) is 8.19. The third kappa shape index (κ3) is 3.49. The Morgan fingerprint density at radius 1 is 1.29 bits per heavy atom. The Morgan fingerprint density at radius 2 is 1.71 bits per heavy atom. The fourth-order valence-corrected chi connectivity index (χ4v) is 0.921. The van der Waals surface area contributed by atoms with E-state index < -0.39 is 0 Å². The lowest BCUT2D eigenvalue weighted by atomic mass is 10.3. The summed E-state index contributed by atoms with van der Waals surface area (Å²) in [5.41, 5.74) is 0. The lowest BCUT2D eigenvalue weighted by molar-refractivity contribution is -0.137. The molecule has 2 amide bonds. The van der Waals surface area contributed by atoms with Gasteiger partial charge in [-0.2, -0.15) is 0 Å². The first-order chi connectivity index (χ1) is 6.61. The molecule has 0 atom stereocenters. The molecule has 5 heteroatoms. The summed E-state index contributed by atoms with van der Waals surface area (Å²) in [6, 6.07) is 0. The van der Waals surface area contributed by atoms with Crippen LogP contribution in [0.1, 0.15) is 13.3 Å². The van der Waals surface area contributed by atoms with Gasteiger partial charge in [-0.3, -0.25) is 19.3 Å². The van der Waals surface area contributed by atoms with Crippen molar-refractivity contribution in [2.75, 3.05) is 13.7 Å². The Hall–Kier alpha value is -1.49. The summed E-state index contributed by atoms with van der Waals surface area (Å²) < 4.78 is 0. The maximum atomic E-state index is 10.9. The van der Waals surface area contributed by atoms with E-state index in [1.807, 2.05) is 0 Å². The molecule has 78 valence electrons. The van der Waals surface area contributed by atoms with Crippen LogP contribution in [0.3, 0.4) is 0 Å². The monoisotopic (exact) mass is 199 g/mol. The molecule has 0 unspecified atom stereocenters. The zero-order chi connectivity index (χ0) is 11.1. The van der Waals surface area contributed by atoms with Crippen molar-refractivity contribution in [3.63, 3.8) is 0 Å². The second kappa shape index (κ2) is 6.04. The van der Waals surface area contributed by atoms with Crippen molar-refractivity contribution in [1.82, 2.24) is 4.90 Å². The predicted octanol–water partition coefficient (Wildman–Crippen LogP) is -0.501. The normalized spacial score (nSPS) is 14.1. The lowest BCUT2D eigenvalue weighted by Crippen LogP contribution is -2.31. The minimum absolute atomic E-state index is 0.0255. The van der Waals surface area contributed by atoms with Crippen LogP contribution >= 0.6 is 0 Å². The Morgan fingerprint density at radius 3 is 2.07 bits per heavy atom. The first kappa shape index (κ1) is 12.5. The third-order valence-electron chi connectivity index (χ3n) is 1.59. The average molecular weight is 199 g/mol. The summed E-state index contributed by atoms with van der Waals surface area (Å²) in [6.07, 6.45) is 2.66. The Bertz CT molecular complexity index is 252. The number of Topliss-reactive ketones (excluding diaryl/α,β-unsaturated/α-hetero) is 1. The molecule has 0 aromatic carbocycles. The van der Waals surface area contributed by atoms with E-state index in [4.69, 9.17) is 5.11 Å². The number of carbonyl (C=O) groups is 3. The van der Waals surface area contributed by atoms with Crippen LogP contribution in [0.4, 0.5) is 0 Å². The number of aliphatic hydroxyl groups is 1. The van der Waals surface area contributed by atoms with E-state index in [2.05, 4.69) is 0 Å². The van der Waals surface area contributed by atoms with Gasteiger partial charge in [0.2, 0.25) is 0 Å². The van der Waals surface area contributed by atoms with Crippen molar-refractivity contribution in [3.8, 4) is 0 Å². The number of rotatable bonds is 3. The molecular formula is C9H13NO4. The first-order valence-corrected chi connectivity index (χ1v) is 4.09. The van der Waals surface area contributed by atoms with Gasteiger partial charge >= 0.3 is 0 Å². The number of hydrogen-bond acceptors (Lipinski definition) is 4. The Balaban J connectivity index is 0.000000791. The van der Waals surface area contributed by atoms with Gasteiger partial charge in [-0.25, -0.2) is 0 Å². The van der Waals surface area contributed by atoms with E-state index in [0.29, 0.717) is 0 Å². The summed E-state index contributed by atoms with van der Waals surface area (Å²) in [5.74, 6) is -0.690. The molecule has 14 heavy (non-hydrogen) atoms. The van der Waals surface area contributed by atoms with Gasteiger partial charge in [-0.15, -0.1) is 0 Å². The highest BCUT2D eigenvalue weighted by molar-refractivity contribution is 6.13. The van der Waals surface area contributed by atoms with Gasteiger partial charge in [-0.05, 0) is 6.92 Å². The maximum absolute atomic E-state index is 10.9. The molecule has 0 spiro atoms. The molecule has 0 fully saturated rings. The maximum Gasteiger partial charge on any atom is 0.253 e. The summed E-state index contributed by atoms with van der Waals surface area (Å²) in [4.78, 5) is 33.4. The van der Waals surface area contributed by atoms with Crippen LogP contribution in [-0.2, 0) is 14.4 Å². The molecular weight excluding hydrogens is 186 g/mol. The Labute approximate surface area is 82.0 Å². The van der Waals surface area contributed by atoms with Gasteiger partial charge in [0, 0.05) is 32.2 Å². The molecule has 0 aliphatic carbocycles. The highest BCUT2D eigenvalue weighted by atomic mass is 16.2. The third-order valence-corrected chi connectivity index (χ3v) is 1.59. The van der Waals surface area contributed by atoms with Crippen LogP contribution in [0, 0.1) is 0 Å². The topological polar surface area (TPSA) is 74.7 Å². The lowest BCUT2D eigenvalue weighted by Gasteiger charge is -2.11. The Kier molecular flexibility index (Phi) is 5.40. The minimum Gasteiger partial charge on any atom is -0.400 e. The SMILES string of the molecule is CC(=O)CCN1C(=O)C=CC1=O.CO. The van der Waals surface area contributed by atoms with Crippen LogP contribution in [0.2, 0.25) is 0 Å². The molecule has 0 aromatic heterocycles. The average Bonchev–Trinajstić information content (AvgIpc) is 2.47. The van der Waals surface area contributed by atoms with Gasteiger partial charge in [0.15, 0.2) is 0 Å². The van der Waals surface area contributed by atoms with E-state index in [-0.39, 0.29) is 30.6 Å². The summed E-state index contributed by atoms with van der Waals surface area (Å²) in [5, 5.41) is 7.00. The number of amides is 2. The van der Waals surface area contributed by atoms with Crippen LogP contribution in [0.15, 0.2) is 12.2 Å². The smallest absolute Gasteiger partial charge is 0.253 e. The van der Waals surface area contributed by atoms with Gasteiger partial charge in [0.25, 0.3) is 11.8 Å². The minimum atomic E-state index is -0.332. The van der Waals surface area contributed by atoms with Crippen molar-refractivity contribution < 1.29 is 19.5 Å². The standard InChI is InChI=1S/C8H9NO3.CH4O/c1-6(10)4-5-9-7(11)2-3-8(9)12;1-2/h2-3H,4-5H2,1H3;2H,1H3. The van der Waals surface area contributed by atoms with Gasteiger partial charge in [0.05, 0.1) is 0 Å². The van der Waals surface area contributed by atoms with Crippen LogP contribution in [-0.4, -0.2) is 41.3 Å². The van der Waals surface area contributed by atoms with Crippen LogP contribution < -0.4 is 0 Å². The van der Waals surface area contributed by atoms with Crippen molar-refractivity contribution in [3.05, 3.63) is 12.2 Å². The number of nitrogens with zero attached hydrogens (tertiary/aromatic N) is 1. The number of aliphatic hydroxyl groups excluding tert-OH is 1. The van der Waals surface area contributed by atoms with Crippen LogP contribution in [0.25, 0.3) is 0 Å². The molecule has 0 bridgehead atoms. The molecule has 1 aliphatic heterocycles. The zero-order valence-electron chi connectivity index (χ0n) is 8.19. The first-order valence-electron chi connectivity index (χ1n) is 4.09. The second-order valence-corrected chi connectivity index (χ2v) is 2.61. The highest BCUT2D eigenvalue weighted by Gasteiger charge is 2.22. The number of imide groups is 1. The van der Waals surface area contributed by atoms with Gasteiger partial charge in [0.1, 0.15) is 5.78 Å². The predicted molar refractivity (Wildman–Crippen MR) is 49.3 cm³/mol. The second-order valence-electron chi connectivity index (χ2n) is 2.61. The van der Waals surface area contributed by atoms with Crippen molar-refractivity contribution in [2.24, 2.45) is 0 Å². The molecule has 0 saturated heterocycles. The summed E-state index contributed by atoms with van der Waals surface area (Å²) >= 11 is 0. The van der Waals surface area contributed by atoms with E-state index in [1.165, 1.54) is 19.1 Å². The number of hydrogen-bond donors (Lipinski definition) is 1. The molecule has 1 rings (SSSR count). The van der Waals surface area contributed by atoms with Crippen molar-refractivity contribution >= 4 is 17.6 Å². The molecule has 5 nitrogen and oxygen atoms in total. The molecule has 1 aliphatic rings.